The van der Waals surface area contributed by atoms with Crippen molar-refractivity contribution in [3.8, 4) is 5.88 Å². The van der Waals surface area contributed by atoms with Crippen LogP contribution in [0.2, 0.25) is 0 Å². The molecule has 1 aromatic carbocycles. The number of anilines is 2. The fourth-order valence-corrected chi connectivity index (χ4v) is 5.94. The third kappa shape index (κ3) is 4.08. The van der Waals surface area contributed by atoms with E-state index in [0.717, 1.165) is 42.5 Å². The highest BCUT2D eigenvalue weighted by atomic mass is 16.5. The van der Waals surface area contributed by atoms with Crippen LogP contribution in [0.4, 0.5) is 11.5 Å². The summed E-state index contributed by atoms with van der Waals surface area (Å²) in [7, 11) is 0. The van der Waals surface area contributed by atoms with Gasteiger partial charge in [-0.25, -0.2) is 0 Å². The summed E-state index contributed by atoms with van der Waals surface area (Å²) in [5.74, 6) is 2.94. The minimum absolute atomic E-state index is 0.184. The molecule has 1 aromatic heterocycles. The molecule has 0 radical (unpaired) electrons. The molecule has 3 fully saturated rings. The number of hydrogen-bond donors (Lipinski definition) is 1. The molecule has 4 aliphatic rings. The number of ketones is 1. The van der Waals surface area contributed by atoms with E-state index in [2.05, 4.69) is 39.0 Å². The molecular formula is C26H32N4O2. The number of ether oxygens (including phenoxy) is 1. The van der Waals surface area contributed by atoms with Crippen LogP contribution in [0.1, 0.15) is 48.8 Å². The maximum atomic E-state index is 12.5. The van der Waals surface area contributed by atoms with Crippen LogP contribution in [0.25, 0.3) is 0 Å². The molecule has 0 amide bonds. The number of fused-ring (bicyclic) bond motifs is 2. The van der Waals surface area contributed by atoms with Crippen LogP contribution in [0, 0.1) is 11.8 Å². The van der Waals surface area contributed by atoms with Gasteiger partial charge in [-0.3, -0.25) is 9.69 Å². The minimum atomic E-state index is 0.184. The zero-order chi connectivity index (χ0) is 21.7. The quantitative estimate of drug-likeness (QED) is 0.753. The summed E-state index contributed by atoms with van der Waals surface area (Å²) in [4.78, 5) is 21.7. The third-order valence-corrected chi connectivity index (χ3v) is 7.65. The van der Waals surface area contributed by atoms with Crippen molar-refractivity contribution in [2.45, 2.75) is 57.7 Å². The summed E-state index contributed by atoms with van der Waals surface area (Å²) in [5.41, 5.74) is 10.7. The van der Waals surface area contributed by atoms with Gasteiger partial charge in [0.05, 0.1) is 12.2 Å². The zero-order valence-electron chi connectivity index (χ0n) is 18.6. The van der Waals surface area contributed by atoms with Crippen molar-refractivity contribution in [3.63, 3.8) is 0 Å². The molecule has 3 heterocycles. The first-order valence-corrected chi connectivity index (χ1v) is 12.1. The minimum Gasteiger partial charge on any atom is -0.474 e. The fourth-order valence-electron chi connectivity index (χ4n) is 5.94. The Morgan fingerprint density at radius 1 is 1.03 bits per heavy atom. The van der Waals surface area contributed by atoms with Gasteiger partial charge in [-0.2, -0.15) is 4.98 Å². The standard InChI is InChI=1S/C26H32N4O2/c27-26-23-12-21(31)16-30(15-18-5-3-4-17(8-18)14-29-6-1-2-7-29)24(23)13-25(28-26)32-22-10-19-9-20(19)11-22/h3-5,8,13,19-20,22H,1-2,6-7,9-12,14-16H2,(H2,27,28)/t19-,20+,22?. The summed E-state index contributed by atoms with van der Waals surface area (Å²) in [6, 6.07) is 10.8. The van der Waals surface area contributed by atoms with Crippen LogP contribution in [0.3, 0.4) is 0 Å². The lowest BCUT2D eigenvalue weighted by Gasteiger charge is -2.31. The Bertz CT molecular complexity index is 1020. The summed E-state index contributed by atoms with van der Waals surface area (Å²) in [6.07, 6.45) is 6.84. The number of rotatable bonds is 6. The number of nitrogen functional groups attached to an aromatic ring is 1. The number of pyridine rings is 1. The number of likely N-dealkylation sites (tertiary alicyclic amines) is 1. The number of benzene rings is 1. The SMILES string of the molecule is Nc1nc(OC2C[C@@H]3C[C@@H]3C2)cc2c1CC(=O)CN2Cc1cccc(CN2CCCC2)c1. The third-order valence-electron chi connectivity index (χ3n) is 7.65. The van der Waals surface area contributed by atoms with E-state index in [-0.39, 0.29) is 11.9 Å². The average molecular weight is 433 g/mol. The number of Topliss-reactive ketones (excluding diaryl/α,β-unsaturated/α-hetero) is 1. The molecule has 6 nitrogen and oxygen atoms in total. The van der Waals surface area contributed by atoms with Gasteiger partial charge >= 0.3 is 0 Å². The summed E-state index contributed by atoms with van der Waals surface area (Å²) >= 11 is 0. The predicted molar refractivity (Wildman–Crippen MR) is 125 cm³/mol. The fraction of sp³-hybridized carbons (Fsp3) is 0.538. The molecule has 2 aliphatic heterocycles. The molecule has 1 unspecified atom stereocenters. The van der Waals surface area contributed by atoms with Crippen molar-refractivity contribution in [3.05, 3.63) is 47.0 Å². The molecule has 2 aromatic rings. The Hall–Kier alpha value is -2.60. The molecule has 2 N–H and O–H groups in total. The van der Waals surface area contributed by atoms with E-state index < -0.39 is 0 Å². The Labute approximate surface area is 189 Å². The number of carbonyl (C=O) groups excluding carboxylic acids is 1. The molecule has 2 saturated carbocycles. The van der Waals surface area contributed by atoms with E-state index >= 15 is 0 Å². The van der Waals surface area contributed by atoms with Gasteiger partial charge < -0.3 is 15.4 Å². The van der Waals surface area contributed by atoms with E-state index in [0.29, 0.717) is 31.2 Å². The molecule has 0 spiro atoms. The maximum absolute atomic E-state index is 12.5. The van der Waals surface area contributed by atoms with Gasteiger partial charge in [0, 0.05) is 31.1 Å². The molecule has 2 aliphatic carbocycles. The summed E-state index contributed by atoms with van der Waals surface area (Å²) in [6.45, 7) is 4.47. The molecule has 168 valence electrons. The highest BCUT2D eigenvalue weighted by Gasteiger charge is 2.47. The molecular weight excluding hydrogens is 400 g/mol. The molecule has 32 heavy (non-hydrogen) atoms. The van der Waals surface area contributed by atoms with E-state index in [4.69, 9.17) is 10.5 Å². The van der Waals surface area contributed by atoms with E-state index in [1.54, 1.807) is 0 Å². The van der Waals surface area contributed by atoms with E-state index in [1.807, 2.05) is 6.07 Å². The van der Waals surface area contributed by atoms with Crippen LogP contribution in [0.15, 0.2) is 30.3 Å². The van der Waals surface area contributed by atoms with Crippen molar-refractivity contribution >= 4 is 17.3 Å². The average Bonchev–Trinajstić information content (AvgIpc) is 3.11. The van der Waals surface area contributed by atoms with Crippen LogP contribution in [0.5, 0.6) is 5.88 Å². The summed E-state index contributed by atoms with van der Waals surface area (Å²) < 4.78 is 6.23. The molecule has 1 saturated heterocycles. The van der Waals surface area contributed by atoms with Gasteiger partial charge in [0.25, 0.3) is 0 Å². The highest BCUT2D eigenvalue weighted by Crippen LogP contribution is 2.52. The van der Waals surface area contributed by atoms with Crippen molar-refractivity contribution in [2.75, 3.05) is 30.3 Å². The van der Waals surface area contributed by atoms with Gasteiger partial charge in [-0.05, 0) is 68.2 Å². The highest BCUT2D eigenvalue weighted by molar-refractivity contribution is 5.92. The Morgan fingerprint density at radius 3 is 2.56 bits per heavy atom. The lowest BCUT2D eigenvalue weighted by Crippen LogP contribution is -2.36. The number of nitrogens with two attached hydrogens (primary N) is 1. The second-order valence-corrected chi connectivity index (χ2v) is 10.2. The van der Waals surface area contributed by atoms with Crippen LogP contribution in [-0.2, 0) is 24.3 Å². The number of hydrogen-bond acceptors (Lipinski definition) is 6. The smallest absolute Gasteiger partial charge is 0.217 e. The Morgan fingerprint density at radius 2 is 1.78 bits per heavy atom. The van der Waals surface area contributed by atoms with Gasteiger partial charge in [-0.15, -0.1) is 0 Å². The topological polar surface area (TPSA) is 71.7 Å². The van der Waals surface area contributed by atoms with Crippen LogP contribution >= 0.6 is 0 Å². The molecule has 0 bridgehead atoms. The van der Waals surface area contributed by atoms with Crippen molar-refractivity contribution < 1.29 is 9.53 Å². The predicted octanol–water partition coefficient (Wildman–Crippen LogP) is 3.57. The van der Waals surface area contributed by atoms with Crippen molar-refractivity contribution in [1.82, 2.24) is 9.88 Å². The Balaban J connectivity index is 1.22. The second-order valence-electron chi connectivity index (χ2n) is 10.2. The van der Waals surface area contributed by atoms with Crippen molar-refractivity contribution in [2.24, 2.45) is 11.8 Å². The Kier molecular flexibility index (Phi) is 5.05. The van der Waals surface area contributed by atoms with Crippen molar-refractivity contribution in [1.29, 1.82) is 0 Å². The van der Waals surface area contributed by atoms with Gasteiger partial charge in [0.1, 0.15) is 11.9 Å². The lowest BCUT2D eigenvalue weighted by molar-refractivity contribution is -0.117. The monoisotopic (exact) mass is 432 g/mol. The normalized spacial score (nSPS) is 26.8. The second kappa shape index (κ2) is 8.07. The first-order valence-electron chi connectivity index (χ1n) is 12.1. The number of carbonyl (C=O) groups is 1. The first kappa shape index (κ1) is 20.0. The number of aromatic nitrogens is 1. The lowest BCUT2D eigenvalue weighted by atomic mass is 10.0. The van der Waals surface area contributed by atoms with Gasteiger partial charge in [-0.1, -0.05) is 24.3 Å². The van der Waals surface area contributed by atoms with E-state index in [1.165, 1.54) is 43.5 Å². The van der Waals surface area contributed by atoms with Gasteiger partial charge in [0.15, 0.2) is 5.78 Å². The maximum Gasteiger partial charge on any atom is 0.217 e. The molecule has 3 atom stereocenters. The largest absolute Gasteiger partial charge is 0.474 e. The first-order chi connectivity index (χ1) is 15.6. The van der Waals surface area contributed by atoms with Gasteiger partial charge in [0.2, 0.25) is 5.88 Å². The zero-order valence-corrected chi connectivity index (χ0v) is 18.6. The summed E-state index contributed by atoms with van der Waals surface area (Å²) in [5, 5.41) is 0. The molecule has 6 rings (SSSR count). The molecule has 6 heteroatoms. The number of nitrogens with zero attached hydrogens (tertiary/aromatic N) is 3. The van der Waals surface area contributed by atoms with Crippen LogP contribution < -0.4 is 15.4 Å². The van der Waals surface area contributed by atoms with Crippen LogP contribution in [-0.4, -0.2) is 41.4 Å². The van der Waals surface area contributed by atoms with E-state index in [9.17, 15) is 4.79 Å².